The lowest BCUT2D eigenvalue weighted by Gasteiger charge is -2.38. The van der Waals surface area contributed by atoms with E-state index in [-0.39, 0.29) is 12.1 Å². The normalized spacial score (nSPS) is 21.1. The maximum absolute atomic E-state index is 9.64. The van der Waals surface area contributed by atoms with Crippen LogP contribution < -0.4 is 10.1 Å². The van der Waals surface area contributed by atoms with Gasteiger partial charge in [-0.15, -0.1) is 0 Å². The molecule has 0 bridgehead atoms. The van der Waals surface area contributed by atoms with E-state index >= 15 is 0 Å². The van der Waals surface area contributed by atoms with E-state index in [9.17, 15) is 10.4 Å². The number of ether oxygens (including phenoxy) is 1. The van der Waals surface area contributed by atoms with Gasteiger partial charge >= 0.3 is 0 Å². The van der Waals surface area contributed by atoms with Crippen molar-refractivity contribution in [1.82, 2.24) is 14.8 Å². The van der Waals surface area contributed by atoms with E-state index in [0.29, 0.717) is 23.0 Å². The lowest BCUT2D eigenvalue weighted by Crippen LogP contribution is -2.36. The van der Waals surface area contributed by atoms with Crippen molar-refractivity contribution in [3.63, 3.8) is 0 Å². The fraction of sp³-hybridized carbons (Fsp3) is 0.438. The van der Waals surface area contributed by atoms with Crippen LogP contribution in [0.5, 0.6) is 5.88 Å². The van der Waals surface area contributed by atoms with Crippen LogP contribution in [0.1, 0.15) is 30.0 Å². The van der Waals surface area contributed by atoms with Crippen LogP contribution in [0.15, 0.2) is 24.7 Å². The molecule has 3 rings (SSSR count). The second-order valence-electron chi connectivity index (χ2n) is 5.81. The number of hydrogen-bond acceptors (Lipinski definition) is 6. The summed E-state index contributed by atoms with van der Waals surface area (Å²) in [5.74, 6) is 0.594. The van der Waals surface area contributed by atoms with Crippen LogP contribution in [-0.2, 0) is 7.05 Å². The number of aryl methyl sites for hydroxylation is 1. The monoisotopic (exact) mass is 313 g/mol. The van der Waals surface area contributed by atoms with Crippen molar-refractivity contribution in [1.29, 1.82) is 5.26 Å². The number of anilines is 1. The largest absolute Gasteiger partial charge is 0.480 e. The Labute approximate surface area is 134 Å². The van der Waals surface area contributed by atoms with Crippen LogP contribution in [-0.4, -0.2) is 33.1 Å². The van der Waals surface area contributed by atoms with E-state index in [1.54, 1.807) is 16.9 Å². The third kappa shape index (κ3) is 2.98. The predicted octanol–water partition coefficient (Wildman–Crippen LogP) is 1.62. The van der Waals surface area contributed by atoms with Crippen molar-refractivity contribution in [3.8, 4) is 11.9 Å². The summed E-state index contributed by atoms with van der Waals surface area (Å²) in [6.07, 6.45) is 6.59. The number of aliphatic hydroxyl groups excluding tert-OH is 1. The first-order valence-corrected chi connectivity index (χ1v) is 7.48. The number of nitrogens with zero attached hydrogens (tertiary/aromatic N) is 4. The van der Waals surface area contributed by atoms with E-state index in [4.69, 9.17) is 4.74 Å². The van der Waals surface area contributed by atoms with Gasteiger partial charge in [-0.25, -0.2) is 4.98 Å². The molecule has 0 saturated heterocycles. The molecule has 0 unspecified atom stereocenters. The van der Waals surface area contributed by atoms with Gasteiger partial charge in [0.25, 0.3) is 0 Å². The first-order chi connectivity index (χ1) is 11.1. The number of methoxy groups -OCH3 is 1. The molecular weight excluding hydrogens is 294 g/mol. The van der Waals surface area contributed by atoms with Crippen molar-refractivity contribution >= 4 is 5.69 Å². The van der Waals surface area contributed by atoms with Gasteiger partial charge in [0.1, 0.15) is 11.6 Å². The van der Waals surface area contributed by atoms with Crippen LogP contribution in [0.25, 0.3) is 0 Å². The number of nitrogens with one attached hydrogen (secondary N) is 1. The molecule has 2 N–H and O–H groups in total. The minimum atomic E-state index is -0.247. The highest BCUT2D eigenvalue weighted by molar-refractivity contribution is 5.62. The Morgan fingerprint density at radius 2 is 2.30 bits per heavy atom. The highest BCUT2D eigenvalue weighted by atomic mass is 16.5. The number of aromatic nitrogens is 3. The summed E-state index contributed by atoms with van der Waals surface area (Å²) in [6.45, 7) is 0. The molecule has 0 radical (unpaired) electrons. The molecule has 120 valence electrons. The fourth-order valence-corrected chi connectivity index (χ4v) is 2.97. The Morgan fingerprint density at radius 1 is 1.52 bits per heavy atom. The molecular formula is C16H19N5O2. The molecule has 7 heteroatoms. The summed E-state index contributed by atoms with van der Waals surface area (Å²) in [7, 11) is 3.36. The summed E-state index contributed by atoms with van der Waals surface area (Å²) in [6, 6.07) is 3.88. The van der Waals surface area contributed by atoms with Crippen LogP contribution >= 0.6 is 0 Å². The van der Waals surface area contributed by atoms with Crippen LogP contribution in [0, 0.1) is 17.2 Å². The molecule has 0 spiro atoms. The maximum Gasteiger partial charge on any atom is 0.233 e. The molecule has 1 aliphatic carbocycles. The lowest BCUT2D eigenvalue weighted by molar-refractivity contribution is 0.0340. The van der Waals surface area contributed by atoms with Gasteiger partial charge in [-0.1, -0.05) is 0 Å². The summed E-state index contributed by atoms with van der Waals surface area (Å²) < 4.78 is 6.90. The van der Waals surface area contributed by atoms with Gasteiger partial charge in [0.05, 0.1) is 31.1 Å². The molecule has 1 saturated carbocycles. The Morgan fingerprint density at radius 3 is 2.87 bits per heavy atom. The minimum Gasteiger partial charge on any atom is -0.480 e. The van der Waals surface area contributed by atoms with Gasteiger partial charge in [0.2, 0.25) is 5.88 Å². The van der Waals surface area contributed by atoms with Crippen LogP contribution in [0.2, 0.25) is 0 Å². The zero-order chi connectivity index (χ0) is 16.4. The van der Waals surface area contributed by atoms with Crippen LogP contribution in [0.4, 0.5) is 5.69 Å². The molecule has 0 aromatic carbocycles. The van der Waals surface area contributed by atoms with Gasteiger partial charge in [0, 0.05) is 25.0 Å². The van der Waals surface area contributed by atoms with Crippen molar-refractivity contribution in [2.75, 3.05) is 12.4 Å². The maximum atomic E-state index is 9.64. The standard InChI is InChI=1S/C16H19N5O2/c1-21-9-11(8-19-21)15(10-5-12(22)6-10)20-14-3-4-18-16(23-2)13(14)7-17/h3-4,8-10,12,15,22H,5-6H2,1-2H3,(H,18,20)/t10?,12?,15-/m1/s1. The molecule has 1 atom stereocenters. The molecule has 2 aromatic heterocycles. The third-order valence-electron chi connectivity index (χ3n) is 4.24. The highest BCUT2D eigenvalue weighted by Gasteiger charge is 2.35. The Bertz CT molecular complexity index is 730. The van der Waals surface area contributed by atoms with E-state index < -0.39 is 0 Å². The fourth-order valence-electron chi connectivity index (χ4n) is 2.97. The SMILES string of the molecule is COc1nccc(N[C@@H](c2cnn(C)c2)C2CC(O)C2)c1C#N. The summed E-state index contributed by atoms with van der Waals surface area (Å²) in [4.78, 5) is 4.06. The molecule has 1 aliphatic rings. The quantitative estimate of drug-likeness (QED) is 0.871. The third-order valence-corrected chi connectivity index (χ3v) is 4.24. The average molecular weight is 313 g/mol. The molecule has 7 nitrogen and oxygen atoms in total. The molecule has 2 heterocycles. The number of nitriles is 1. The number of pyridine rings is 1. The first-order valence-electron chi connectivity index (χ1n) is 7.48. The van der Waals surface area contributed by atoms with E-state index in [2.05, 4.69) is 21.5 Å². The number of rotatable bonds is 5. The van der Waals surface area contributed by atoms with Crippen molar-refractivity contribution in [3.05, 3.63) is 35.8 Å². The Hall–Kier alpha value is -2.59. The van der Waals surface area contributed by atoms with Crippen molar-refractivity contribution in [2.24, 2.45) is 13.0 Å². The predicted molar refractivity (Wildman–Crippen MR) is 83.8 cm³/mol. The Kier molecular flexibility index (Phi) is 4.17. The topological polar surface area (TPSA) is 96.0 Å². The number of hydrogen-bond donors (Lipinski definition) is 2. The van der Waals surface area contributed by atoms with Crippen molar-refractivity contribution < 1.29 is 9.84 Å². The minimum absolute atomic E-state index is 0.0219. The van der Waals surface area contributed by atoms with Gasteiger partial charge in [-0.3, -0.25) is 4.68 Å². The highest BCUT2D eigenvalue weighted by Crippen LogP contribution is 2.40. The van der Waals surface area contributed by atoms with Gasteiger partial charge < -0.3 is 15.2 Å². The molecule has 0 amide bonds. The second kappa shape index (κ2) is 6.26. The zero-order valence-electron chi connectivity index (χ0n) is 13.1. The van der Waals surface area contributed by atoms with Crippen molar-refractivity contribution in [2.45, 2.75) is 25.0 Å². The smallest absolute Gasteiger partial charge is 0.233 e. The van der Waals surface area contributed by atoms with E-state index in [0.717, 1.165) is 18.4 Å². The Balaban J connectivity index is 1.92. The second-order valence-corrected chi connectivity index (χ2v) is 5.81. The van der Waals surface area contributed by atoms with Gasteiger partial charge in [0.15, 0.2) is 0 Å². The van der Waals surface area contributed by atoms with Gasteiger partial charge in [-0.05, 0) is 24.8 Å². The lowest BCUT2D eigenvalue weighted by atomic mass is 9.75. The average Bonchev–Trinajstić information content (AvgIpc) is 2.95. The molecule has 2 aromatic rings. The molecule has 1 fully saturated rings. The summed E-state index contributed by atoms with van der Waals surface area (Å²) in [5, 5.41) is 26.7. The number of aliphatic hydroxyl groups is 1. The summed E-state index contributed by atoms with van der Waals surface area (Å²) in [5.41, 5.74) is 2.09. The zero-order valence-corrected chi connectivity index (χ0v) is 13.1. The van der Waals surface area contributed by atoms with E-state index in [1.807, 2.05) is 19.4 Å². The first kappa shape index (κ1) is 15.3. The van der Waals surface area contributed by atoms with Gasteiger partial charge in [-0.2, -0.15) is 10.4 Å². The van der Waals surface area contributed by atoms with Crippen LogP contribution in [0.3, 0.4) is 0 Å². The molecule has 23 heavy (non-hydrogen) atoms. The molecule has 0 aliphatic heterocycles. The summed E-state index contributed by atoms with van der Waals surface area (Å²) >= 11 is 0. The van der Waals surface area contributed by atoms with E-state index in [1.165, 1.54) is 7.11 Å².